The lowest BCUT2D eigenvalue weighted by molar-refractivity contribution is -0.138. The quantitative estimate of drug-likeness (QED) is 0.333. The van der Waals surface area contributed by atoms with E-state index in [9.17, 15) is 18.0 Å². The van der Waals surface area contributed by atoms with Gasteiger partial charge in [-0.2, -0.15) is 13.2 Å². The summed E-state index contributed by atoms with van der Waals surface area (Å²) in [7, 11) is 0. The largest absolute Gasteiger partial charge is 0.492 e. The first-order chi connectivity index (χ1) is 16.6. The molecule has 0 saturated heterocycles. The molecule has 2 aromatic carbocycles. The number of carboxylic acids is 1. The molecule has 9 heteroatoms. The van der Waals surface area contributed by atoms with Crippen LogP contribution in [-0.4, -0.2) is 28.8 Å². The minimum Gasteiger partial charge on any atom is -0.492 e. The van der Waals surface area contributed by atoms with Gasteiger partial charge in [-0.25, -0.2) is 0 Å². The number of aliphatic carboxylic acids is 1. The third-order valence-electron chi connectivity index (χ3n) is 5.10. The Balaban J connectivity index is 1.61. The first-order valence-corrected chi connectivity index (χ1v) is 11.0. The molecule has 0 fully saturated rings. The molecule has 1 aromatic heterocycles. The highest BCUT2D eigenvalue weighted by atomic mass is 19.4. The van der Waals surface area contributed by atoms with E-state index < -0.39 is 17.7 Å². The van der Waals surface area contributed by atoms with Crippen LogP contribution in [0, 0.1) is 6.92 Å². The van der Waals surface area contributed by atoms with Crippen LogP contribution in [0.25, 0.3) is 0 Å². The van der Waals surface area contributed by atoms with Crippen LogP contribution >= 0.6 is 0 Å². The first kappa shape index (κ1) is 25.9. The summed E-state index contributed by atoms with van der Waals surface area (Å²) in [6, 6.07) is 13.4. The van der Waals surface area contributed by atoms with Crippen molar-refractivity contribution in [1.29, 1.82) is 0 Å². The molecule has 35 heavy (non-hydrogen) atoms. The second-order valence-corrected chi connectivity index (χ2v) is 7.97. The summed E-state index contributed by atoms with van der Waals surface area (Å²) in [4.78, 5) is 15.0. The average molecular weight is 489 g/mol. The fourth-order valence-electron chi connectivity index (χ4n) is 3.24. The van der Waals surface area contributed by atoms with E-state index in [1.54, 1.807) is 43.3 Å². The Kier molecular flexibility index (Phi) is 8.57. The van der Waals surface area contributed by atoms with E-state index in [4.69, 9.17) is 19.3 Å². The Hall–Kier alpha value is -3.75. The van der Waals surface area contributed by atoms with Crippen LogP contribution in [0.5, 0.6) is 23.0 Å². The molecule has 3 rings (SSSR count). The van der Waals surface area contributed by atoms with Crippen LogP contribution in [0.1, 0.15) is 36.6 Å². The van der Waals surface area contributed by atoms with Gasteiger partial charge in [0.25, 0.3) is 0 Å². The lowest BCUT2D eigenvalue weighted by Crippen LogP contribution is -2.16. The number of aromatic nitrogens is 1. The van der Waals surface area contributed by atoms with Gasteiger partial charge in [0, 0.05) is 18.5 Å². The molecular weight excluding hydrogens is 463 g/mol. The summed E-state index contributed by atoms with van der Waals surface area (Å²) in [6.07, 6.45) is -2.56. The van der Waals surface area contributed by atoms with Crippen LogP contribution in [0.3, 0.4) is 0 Å². The molecule has 3 aromatic rings. The maximum absolute atomic E-state index is 13.2. The highest BCUT2D eigenvalue weighted by Gasteiger charge is 2.31. The smallest absolute Gasteiger partial charge is 0.416 e. The van der Waals surface area contributed by atoms with E-state index in [1.807, 2.05) is 6.92 Å². The van der Waals surface area contributed by atoms with Gasteiger partial charge in [0.1, 0.15) is 11.5 Å². The van der Waals surface area contributed by atoms with Gasteiger partial charge in [-0.15, -0.1) is 0 Å². The Labute approximate surface area is 201 Å². The van der Waals surface area contributed by atoms with Gasteiger partial charge >= 0.3 is 12.1 Å². The summed E-state index contributed by atoms with van der Waals surface area (Å²) in [5.41, 5.74) is 0.701. The molecule has 6 nitrogen and oxygen atoms in total. The number of hydrogen-bond acceptors (Lipinski definition) is 5. The lowest BCUT2D eigenvalue weighted by atomic mass is 10.1. The molecule has 0 spiro atoms. The van der Waals surface area contributed by atoms with Crippen molar-refractivity contribution in [3.63, 3.8) is 0 Å². The second kappa shape index (κ2) is 11.6. The molecule has 0 unspecified atom stereocenters. The van der Waals surface area contributed by atoms with Crippen molar-refractivity contribution in [2.75, 3.05) is 6.61 Å². The fraction of sp³-hybridized carbons (Fsp3) is 0.308. The zero-order valence-electron chi connectivity index (χ0n) is 19.3. The number of halogens is 3. The van der Waals surface area contributed by atoms with Gasteiger partial charge in [-0.05, 0) is 55.8 Å². The Bertz CT molecular complexity index is 1140. The van der Waals surface area contributed by atoms with E-state index in [-0.39, 0.29) is 30.6 Å². The van der Waals surface area contributed by atoms with E-state index in [1.165, 1.54) is 12.3 Å². The number of pyridine rings is 1. The van der Waals surface area contributed by atoms with Crippen molar-refractivity contribution in [1.82, 2.24) is 4.98 Å². The first-order valence-electron chi connectivity index (χ1n) is 11.0. The number of benzene rings is 2. The molecule has 1 heterocycles. The van der Waals surface area contributed by atoms with Crippen LogP contribution < -0.4 is 14.2 Å². The maximum atomic E-state index is 13.2. The third kappa shape index (κ3) is 7.91. The van der Waals surface area contributed by atoms with Crippen molar-refractivity contribution in [3.8, 4) is 23.0 Å². The molecular formula is C26H26F3NO5. The lowest BCUT2D eigenvalue weighted by Gasteiger charge is -2.19. The van der Waals surface area contributed by atoms with Crippen molar-refractivity contribution in [3.05, 3.63) is 77.6 Å². The maximum Gasteiger partial charge on any atom is 0.416 e. The van der Waals surface area contributed by atoms with Crippen molar-refractivity contribution >= 4 is 5.97 Å². The monoisotopic (exact) mass is 489 g/mol. The van der Waals surface area contributed by atoms with E-state index in [2.05, 4.69) is 4.98 Å². The van der Waals surface area contributed by atoms with Crippen molar-refractivity contribution < 1.29 is 37.3 Å². The summed E-state index contributed by atoms with van der Waals surface area (Å²) < 4.78 is 56.9. The molecule has 0 amide bonds. The topological polar surface area (TPSA) is 77.9 Å². The number of aryl methyl sites for hydroxylation is 2. The molecule has 0 aliphatic carbocycles. The van der Waals surface area contributed by atoms with Crippen LogP contribution in [-0.2, 0) is 17.4 Å². The van der Waals surface area contributed by atoms with Crippen LogP contribution in [0.4, 0.5) is 13.2 Å². The predicted molar refractivity (Wildman–Crippen MR) is 123 cm³/mol. The zero-order valence-corrected chi connectivity index (χ0v) is 19.3. The number of carbonyl (C=O) groups is 1. The van der Waals surface area contributed by atoms with E-state index in [0.717, 1.165) is 17.7 Å². The Morgan fingerprint density at radius 1 is 1.06 bits per heavy atom. The molecule has 1 N–H and O–H groups in total. The van der Waals surface area contributed by atoms with Gasteiger partial charge < -0.3 is 19.3 Å². The van der Waals surface area contributed by atoms with Crippen LogP contribution in [0.15, 0.2) is 60.8 Å². The van der Waals surface area contributed by atoms with Crippen molar-refractivity contribution in [2.24, 2.45) is 0 Å². The molecule has 1 atom stereocenters. The summed E-state index contributed by atoms with van der Waals surface area (Å²) in [6.45, 7) is 3.90. The molecule has 186 valence electrons. The van der Waals surface area contributed by atoms with Crippen LogP contribution in [0.2, 0.25) is 0 Å². The number of para-hydroxylation sites is 1. The van der Waals surface area contributed by atoms with Gasteiger partial charge in [-0.3, -0.25) is 9.78 Å². The molecule has 0 aliphatic rings. The second-order valence-electron chi connectivity index (χ2n) is 7.97. The zero-order chi connectivity index (χ0) is 25.4. The normalized spacial score (nSPS) is 12.1. The van der Waals surface area contributed by atoms with E-state index in [0.29, 0.717) is 30.0 Å². The number of ether oxygens (including phenoxy) is 3. The minimum absolute atomic E-state index is 0.00280. The summed E-state index contributed by atoms with van der Waals surface area (Å²) >= 11 is 0. The number of carboxylic acid groups (broad SMARTS) is 1. The Morgan fingerprint density at radius 3 is 2.46 bits per heavy atom. The van der Waals surface area contributed by atoms with Gasteiger partial charge in [0.05, 0.1) is 30.9 Å². The summed E-state index contributed by atoms with van der Waals surface area (Å²) in [5.74, 6) is 0.204. The average Bonchev–Trinajstić information content (AvgIpc) is 2.79. The number of alkyl halides is 3. The number of rotatable bonds is 11. The van der Waals surface area contributed by atoms with Crippen molar-refractivity contribution in [2.45, 2.75) is 45.4 Å². The molecule has 0 bridgehead atoms. The Morgan fingerprint density at radius 2 is 1.80 bits per heavy atom. The fourth-order valence-corrected chi connectivity index (χ4v) is 3.24. The predicted octanol–water partition coefficient (Wildman–Crippen LogP) is 6.45. The SMILES string of the molecule is Cc1cc(OCC[C@H](C)Oc2ccc(C(F)(F)F)cc2Oc2ccccc2)cnc1CCC(=O)O. The van der Waals surface area contributed by atoms with E-state index >= 15 is 0 Å². The molecule has 0 aliphatic heterocycles. The third-order valence-corrected chi connectivity index (χ3v) is 5.10. The number of hydrogen-bond donors (Lipinski definition) is 1. The standard InChI is InChI=1S/C26H26F3NO5/c1-17-14-21(16-30-22(17)9-11-25(31)32)33-13-12-18(2)34-23-10-8-19(26(27,28)29)15-24(23)35-20-6-4-3-5-7-20/h3-8,10,14-16,18H,9,11-13H2,1-2H3,(H,31,32)/t18-/m0/s1. The highest BCUT2D eigenvalue weighted by Crippen LogP contribution is 2.38. The molecule has 0 radical (unpaired) electrons. The van der Waals surface area contributed by atoms with Gasteiger partial charge in [-0.1, -0.05) is 18.2 Å². The van der Waals surface area contributed by atoms with Gasteiger partial charge in [0.15, 0.2) is 11.5 Å². The highest BCUT2D eigenvalue weighted by molar-refractivity contribution is 5.67. The summed E-state index contributed by atoms with van der Waals surface area (Å²) in [5, 5.41) is 8.81. The minimum atomic E-state index is -4.51. The molecule has 0 saturated carbocycles. The van der Waals surface area contributed by atoms with Gasteiger partial charge in [0.2, 0.25) is 0 Å². The number of nitrogens with zero attached hydrogens (tertiary/aromatic N) is 1.